The van der Waals surface area contributed by atoms with Crippen LogP contribution in [0.5, 0.6) is 5.75 Å². The highest BCUT2D eigenvalue weighted by Crippen LogP contribution is 2.29. The molecule has 0 bridgehead atoms. The first kappa shape index (κ1) is 17.3. The maximum Gasteiger partial charge on any atom is 0.329 e. The number of hydrogen-bond donors (Lipinski definition) is 2. The molecule has 1 aromatic carbocycles. The average Bonchev–Trinajstić information content (AvgIpc) is 2.37. The van der Waals surface area contributed by atoms with Gasteiger partial charge in [-0.05, 0) is 0 Å². The molecule has 0 saturated carbocycles. The number of carbonyl (C=O) groups is 1. The summed E-state index contributed by atoms with van der Waals surface area (Å²) in [5, 5.41) is 0. The Morgan fingerprint density at radius 2 is 1.43 bits per heavy atom. The molecule has 118 valence electrons. The van der Waals surface area contributed by atoms with Crippen LogP contribution in [0.3, 0.4) is 0 Å². The minimum absolute atomic E-state index is 1.37. The molecule has 0 radical (unpaired) electrons. The van der Waals surface area contributed by atoms with Gasteiger partial charge in [0.15, 0.2) is 0 Å². The summed E-state index contributed by atoms with van der Waals surface area (Å²) >= 11 is 0. The number of esters is 1. The van der Waals surface area contributed by atoms with E-state index < -0.39 is 62.7 Å². The predicted molar refractivity (Wildman–Crippen MR) is 56.3 cm³/mol. The van der Waals surface area contributed by atoms with E-state index in [-0.39, 0.29) is 0 Å². The fourth-order valence-corrected chi connectivity index (χ4v) is 1.74. The molecule has 1 atom stereocenters. The van der Waals surface area contributed by atoms with Crippen LogP contribution >= 0.6 is 0 Å². The molecule has 0 saturated heterocycles. The summed E-state index contributed by atoms with van der Waals surface area (Å²) in [7, 11) is -4.73. The standard InChI is InChI=1S/C9H6F5NO5S/c10-3-4(11)6(13)8(7(14)5(3)12)20-9(16)2(15)1-21(17,18)19/h2H,1,15H2,(H,17,18,19). The van der Waals surface area contributed by atoms with Crippen LogP contribution in [0.25, 0.3) is 0 Å². The Morgan fingerprint density at radius 1 is 1.05 bits per heavy atom. The minimum atomic E-state index is -4.73. The zero-order valence-electron chi connectivity index (χ0n) is 9.74. The van der Waals surface area contributed by atoms with Gasteiger partial charge in [0.25, 0.3) is 10.1 Å². The number of benzene rings is 1. The largest absolute Gasteiger partial charge is 0.419 e. The Balaban J connectivity index is 3.12. The molecule has 6 nitrogen and oxygen atoms in total. The molecule has 0 fully saturated rings. The molecule has 1 unspecified atom stereocenters. The van der Waals surface area contributed by atoms with E-state index in [4.69, 9.17) is 10.3 Å². The Morgan fingerprint density at radius 3 is 1.81 bits per heavy atom. The van der Waals surface area contributed by atoms with Crippen LogP contribution in [0, 0.1) is 29.1 Å². The molecule has 0 aliphatic heterocycles. The lowest BCUT2D eigenvalue weighted by atomic mass is 10.2. The summed E-state index contributed by atoms with van der Waals surface area (Å²) in [5.41, 5.74) is 4.94. The van der Waals surface area contributed by atoms with Crippen molar-refractivity contribution in [3.8, 4) is 5.75 Å². The molecule has 1 rings (SSSR count). The van der Waals surface area contributed by atoms with Crippen molar-refractivity contribution in [2.45, 2.75) is 6.04 Å². The van der Waals surface area contributed by atoms with E-state index in [9.17, 15) is 35.2 Å². The van der Waals surface area contributed by atoms with Crippen LogP contribution in [-0.2, 0) is 14.9 Å². The van der Waals surface area contributed by atoms with Crippen molar-refractivity contribution in [2.75, 3.05) is 5.75 Å². The smallest absolute Gasteiger partial charge is 0.329 e. The third kappa shape index (κ3) is 3.86. The Hall–Kier alpha value is -1.79. The predicted octanol–water partition coefficient (Wildman–Crippen LogP) is 0.503. The van der Waals surface area contributed by atoms with Crippen molar-refractivity contribution in [1.82, 2.24) is 0 Å². The second kappa shape index (κ2) is 5.91. The van der Waals surface area contributed by atoms with Crippen LogP contribution < -0.4 is 10.5 Å². The molecule has 12 heteroatoms. The van der Waals surface area contributed by atoms with Gasteiger partial charge >= 0.3 is 5.97 Å². The highest BCUT2D eigenvalue weighted by molar-refractivity contribution is 7.85. The van der Waals surface area contributed by atoms with Crippen molar-refractivity contribution in [3.05, 3.63) is 29.1 Å². The monoisotopic (exact) mass is 335 g/mol. The van der Waals surface area contributed by atoms with Crippen LogP contribution in [0.1, 0.15) is 0 Å². The van der Waals surface area contributed by atoms with Gasteiger partial charge in [0.05, 0.1) is 0 Å². The number of ether oxygens (including phenoxy) is 1. The van der Waals surface area contributed by atoms with Crippen molar-refractivity contribution in [2.24, 2.45) is 5.73 Å². The van der Waals surface area contributed by atoms with E-state index in [1.54, 1.807) is 0 Å². The number of halogens is 5. The number of hydrogen-bond acceptors (Lipinski definition) is 5. The third-order valence-electron chi connectivity index (χ3n) is 2.07. The zero-order valence-corrected chi connectivity index (χ0v) is 10.6. The summed E-state index contributed by atoms with van der Waals surface area (Å²) in [5.74, 6) is -17.2. The van der Waals surface area contributed by atoms with Gasteiger partial charge in [-0.2, -0.15) is 17.2 Å². The summed E-state index contributed by atoms with van der Waals surface area (Å²) < 4.78 is 97.8. The fourth-order valence-electron chi connectivity index (χ4n) is 1.15. The summed E-state index contributed by atoms with van der Waals surface area (Å²) in [6.07, 6.45) is 0. The molecule has 1 aromatic rings. The van der Waals surface area contributed by atoms with E-state index >= 15 is 0 Å². The van der Waals surface area contributed by atoms with Gasteiger partial charge in [0.2, 0.25) is 34.8 Å². The van der Waals surface area contributed by atoms with Gasteiger partial charge < -0.3 is 10.5 Å². The van der Waals surface area contributed by atoms with Gasteiger partial charge in [0, 0.05) is 0 Å². The summed E-state index contributed by atoms with van der Waals surface area (Å²) in [6, 6.07) is -2.10. The second-order valence-electron chi connectivity index (χ2n) is 3.68. The van der Waals surface area contributed by atoms with Gasteiger partial charge in [-0.3, -0.25) is 4.55 Å². The van der Waals surface area contributed by atoms with Crippen molar-refractivity contribution < 1.29 is 44.5 Å². The van der Waals surface area contributed by atoms with E-state index in [0.717, 1.165) is 0 Å². The lowest BCUT2D eigenvalue weighted by Crippen LogP contribution is -2.40. The van der Waals surface area contributed by atoms with E-state index in [1.807, 2.05) is 0 Å². The summed E-state index contributed by atoms with van der Waals surface area (Å²) in [6.45, 7) is 0. The van der Waals surface area contributed by atoms with E-state index in [0.29, 0.717) is 0 Å². The van der Waals surface area contributed by atoms with Crippen LogP contribution in [-0.4, -0.2) is 30.7 Å². The molecule has 0 aromatic heterocycles. The lowest BCUT2D eigenvalue weighted by Gasteiger charge is -2.12. The average molecular weight is 335 g/mol. The first-order valence-corrected chi connectivity index (χ1v) is 6.50. The van der Waals surface area contributed by atoms with Crippen molar-refractivity contribution in [1.29, 1.82) is 0 Å². The van der Waals surface area contributed by atoms with Crippen LogP contribution in [0.4, 0.5) is 22.0 Å². The van der Waals surface area contributed by atoms with Gasteiger partial charge in [-0.25, -0.2) is 18.0 Å². The van der Waals surface area contributed by atoms with E-state index in [1.165, 1.54) is 0 Å². The molecule has 0 spiro atoms. The normalized spacial score (nSPS) is 13.1. The number of nitrogens with two attached hydrogens (primary N) is 1. The van der Waals surface area contributed by atoms with E-state index in [2.05, 4.69) is 4.74 Å². The molecule has 3 N–H and O–H groups in total. The maximum absolute atomic E-state index is 13.2. The first-order chi connectivity index (χ1) is 9.45. The Kier molecular flexibility index (Phi) is 4.86. The third-order valence-corrected chi connectivity index (χ3v) is 2.85. The summed E-state index contributed by atoms with van der Waals surface area (Å²) in [4.78, 5) is 11.2. The van der Waals surface area contributed by atoms with Crippen molar-refractivity contribution in [3.63, 3.8) is 0 Å². The lowest BCUT2D eigenvalue weighted by molar-refractivity contribution is -0.135. The topological polar surface area (TPSA) is 107 Å². The highest BCUT2D eigenvalue weighted by atomic mass is 32.2. The molecule has 0 heterocycles. The van der Waals surface area contributed by atoms with Gasteiger partial charge in [-0.15, -0.1) is 0 Å². The molecular weight excluding hydrogens is 329 g/mol. The molecule has 0 aliphatic rings. The quantitative estimate of drug-likeness (QED) is 0.207. The Labute approximate surface area is 114 Å². The van der Waals surface area contributed by atoms with Gasteiger partial charge in [0.1, 0.15) is 11.8 Å². The first-order valence-electron chi connectivity index (χ1n) is 4.89. The number of carbonyl (C=O) groups excluding carboxylic acids is 1. The Bertz CT molecular complexity index is 663. The molecule has 21 heavy (non-hydrogen) atoms. The van der Waals surface area contributed by atoms with Gasteiger partial charge in [-0.1, -0.05) is 0 Å². The molecule has 0 amide bonds. The van der Waals surface area contributed by atoms with Crippen LogP contribution in [0.15, 0.2) is 0 Å². The fraction of sp³-hybridized carbons (Fsp3) is 0.222. The highest BCUT2D eigenvalue weighted by Gasteiger charge is 2.30. The SMILES string of the molecule is NC(CS(=O)(=O)O)C(=O)Oc1c(F)c(F)c(F)c(F)c1F. The second-order valence-corrected chi connectivity index (χ2v) is 5.17. The molecule has 0 aliphatic carbocycles. The maximum atomic E-state index is 13.2. The zero-order chi connectivity index (χ0) is 16.5. The number of rotatable bonds is 4. The van der Waals surface area contributed by atoms with Crippen LogP contribution in [0.2, 0.25) is 0 Å². The van der Waals surface area contributed by atoms with Crippen molar-refractivity contribution >= 4 is 16.1 Å². The minimum Gasteiger partial charge on any atom is -0.419 e. The molecular formula is C9H6F5NO5S.